The second-order valence-corrected chi connectivity index (χ2v) is 5.86. The molecule has 3 aromatic rings. The van der Waals surface area contributed by atoms with Gasteiger partial charge < -0.3 is 0 Å². The summed E-state index contributed by atoms with van der Waals surface area (Å²) in [5, 5.41) is 16.8. The third kappa shape index (κ3) is 2.17. The SMILES string of the molecule is CCc1ncc(Cc2nnn[nH]2)c2c(C)c(C)c(C)c(C)c12. The van der Waals surface area contributed by atoms with Crippen LogP contribution in [0.15, 0.2) is 6.20 Å². The summed E-state index contributed by atoms with van der Waals surface area (Å²) in [6, 6.07) is 0. The molecule has 0 amide bonds. The number of fused-ring (bicyclic) bond motifs is 1. The Kier molecular flexibility index (Phi) is 3.64. The molecule has 0 atom stereocenters. The van der Waals surface area contributed by atoms with Crippen molar-refractivity contribution >= 4 is 10.8 Å². The molecule has 0 saturated carbocycles. The van der Waals surface area contributed by atoms with Gasteiger partial charge in [-0.3, -0.25) is 4.98 Å². The second-order valence-electron chi connectivity index (χ2n) is 5.86. The molecule has 0 aliphatic heterocycles. The third-order valence-electron chi connectivity index (χ3n) is 4.76. The zero-order chi connectivity index (χ0) is 15.9. The lowest BCUT2D eigenvalue weighted by molar-refractivity contribution is 0.881. The Morgan fingerprint density at radius 2 is 1.64 bits per heavy atom. The predicted octanol–water partition coefficient (Wildman–Crippen LogP) is 3.13. The van der Waals surface area contributed by atoms with Gasteiger partial charge in [-0.15, -0.1) is 5.10 Å². The van der Waals surface area contributed by atoms with Crippen molar-refractivity contribution in [3.63, 3.8) is 0 Å². The van der Waals surface area contributed by atoms with Crippen LogP contribution in [0.5, 0.6) is 0 Å². The van der Waals surface area contributed by atoms with Crippen LogP contribution < -0.4 is 0 Å². The minimum atomic E-state index is 0.670. The molecular formula is C17H21N5. The van der Waals surface area contributed by atoms with E-state index in [-0.39, 0.29) is 0 Å². The minimum Gasteiger partial charge on any atom is -0.260 e. The van der Waals surface area contributed by atoms with E-state index in [1.807, 2.05) is 6.20 Å². The van der Waals surface area contributed by atoms with Gasteiger partial charge in [-0.2, -0.15) is 0 Å². The number of aromatic nitrogens is 5. The van der Waals surface area contributed by atoms with Gasteiger partial charge in [0.05, 0.1) is 0 Å². The number of nitrogens with zero attached hydrogens (tertiary/aromatic N) is 4. The quantitative estimate of drug-likeness (QED) is 0.806. The lowest BCUT2D eigenvalue weighted by Gasteiger charge is -2.18. The molecule has 0 unspecified atom stereocenters. The number of aromatic amines is 1. The fourth-order valence-corrected chi connectivity index (χ4v) is 3.20. The van der Waals surface area contributed by atoms with Gasteiger partial charge in [0.1, 0.15) is 0 Å². The van der Waals surface area contributed by atoms with Gasteiger partial charge in [0.25, 0.3) is 0 Å². The fraction of sp³-hybridized carbons (Fsp3) is 0.412. The first-order chi connectivity index (χ1) is 10.5. The fourth-order valence-electron chi connectivity index (χ4n) is 3.20. The van der Waals surface area contributed by atoms with Gasteiger partial charge in [-0.25, -0.2) is 5.10 Å². The van der Waals surface area contributed by atoms with Crippen LogP contribution in [0.2, 0.25) is 0 Å². The zero-order valence-electron chi connectivity index (χ0n) is 13.8. The van der Waals surface area contributed by atoms with Crippen molar-refractivity contribution in [2.75, 3.05) is 0 Å². The number of nitrogens with one attached hydrogen (secondary N) is 1. The van der Waals surface area contributed by atoms with E-state index in [0.717, 1.165) is 17.9 Å². The van der Waals surface area contributed by atoms with Gasteiger partial charge in [-0.1, -0.05) is 6.92 Å². The van der Waals surface area contributed by atoms with Gasteiger partial charge >= 0.3 is 0 Å². The number of H-pyrrole nitrogens is 1. The normalized spacial score (nSPS) is 11.3. The molecule has 0 bridgehead atoms. The summed E-state index contributed by atoms with van der Waals surface area (Å²) in [6.07, 6.45) is 3.58. The van der Waals surface area contributed by atoms with Crippen molar-refractivity contribution in [3.05, 3.63) is 45.5 Å². The van der Waals surface area contributed by atoms with Crippen molar-refractivity contribution in [1.29, 1.82) is 0 Å². The molecule has 0 fully saturated rings. The van der Waals surface area contributed by atoms with E-state index in [0.29, 0.717) is 6.42 Å². The average molecular weight is 295 g/mol. The Labute approximate surface area is 130 Å². The van der Waals surface area contributed by atoms with Crippen LogP contribution in [0.1, 0.15) is 46.3 Å². The number of aryl methyl sites for hydroxylation is 3. The van der Waals surface area contributed by atoms with E-state index in [2.05, 4.69) is 55.2 Å². The first kappa shape index (κ1) is 14.6. The standard InChI is InChI=1S/C17H21N5/c1-6-14-17-12(5)10(3)9(2)11(4)16(17)13(8-18-14)7-15-19-21-22-20-15/h8H,6-7H2,1-5H3,(H,19,20,21,22). The summed E-state index contributed by atoms with van der Waals surface area (Å²) in [6.45, 7) is 11.0. The average Bonchev–Trinajstić information content (AvgIpc) is 3.03. The minimum absolute atomic E-state index is 0.670. The summed E-state index contributed by atoms with van der Waals surface area (Å²) in [4.78, 5) is 4.70. The molecule has 5 nitrogen and oxygen atoms in total. The second kappa shape index (κ2) is 5.48. The first-order valence-electron chi connectivity index (χ1n) is 7.64. The molecule has 2 heterocycles. The number of hydrogen-bond donors (Lipinski definition) is 1. The third-order valence-corrected chi connectivity index (χ3v) is 4.76. The maximum absolute atomic E-state index is 4.70. The highest BCUT2D eigenvalue weighted by Crippen LogP contribution is 2.33. The monoisotopic (exact) mass is 295 g/mol. The van der Waals surface area contributed by atoms with Crippen LogP contribution in [0, 0.1) is 27.7 Å². The molecule has 114 valence electrons. The Bertz CT molecular complexity index is 834. The molecule has 0 aliphatic carbocycles. The van der Waals surface area contributed by atoms with Crippen LogP contribution >= 0.6 is 0 Å². The molecule has 0 radical (unpaired) electrons. The number of tetrazole rings is 1. The van der Waals surface area contributed by atoms with Gasteiger partial charge in [0.15, 0.2) is 5.82 Å². The topological polar surface area (TPSA) is 67.3 Å². The van der Waals surface area contributed by atoms with Gasteiger partial charge in [0, 0.05) is 23.7 Å². The molecule has 0 aliphatic rings. The smallest absolute Gasteiger partial charge is 0.152 e. The maximum Gasteiger partial charge on any atom is 0.152 e. The number of pyridine rings is 1. The number of rotatable bonds is 3. The summed E-state index contributed by atoms with van der Waals surface area (Å²) >= 11 is 0. The largest absolute Gasteiger partial charge is 0.260 e. The van der Waals surface area contributed by atoms with E-state index in [4.69, 9.17) is 4.98 Å². The summed E-state index contributed by atoms with van der Waals surface area (Å²) in [5.74, 6) is 0.766. The van der Waals surface area contributed by atoms with Crippen molar-refractivity contribution in [2.24, 2.45) is 0 Å². The van der Waals surface area contributed by atoms with Crippen LogP contribution in [0.4, 0.5) is 0 Å². The molecule has 0 saturated heterocycles. The van der Waals surface area contributed by atoms with E-state index >= 15 is 0 Å². The summed E-state index contributed by atoms with van der Waals surface area (Å²) in [7, 11) is 0. The van der Waals surface area contributed by atoms with E-state index in [1.165, 1.54) is 38.6 Å². The van der Waals surface area contributed by atoms with E-state index in [1.54, 1.807) is 0 Å². The van der Waals surface area contributed by atoms with Crippen LogP contribution in [0.3, 0.4) is 0 Å². The Hall–Kier alpha value is -2.30. The lowest BCUT2D eigenvalue weighted by Crippen LogP contribution is -2.03. The molecule has 22 heavy (non-hydrogen) atoms. The first-order valence-corrected chi connectivity index (χ1v) is 7.64. The Morgan fingerprint density at radius 1 is 0.955 bits per heavy atom. The maximum atomic E-state index is 4.70. The van der Waals surface area contributed by atoms with Crippen molar-refractivity contribution in [2.45, 2.75) is 47.5 Å². The highest BCUT2D eigenvalue weighted by Gasteiger charge is 2.16. The molecule has 0 spiro atoms. The van der Waals surface area contributed by atoms with Crippen LogP contribution in [-0.4, -0.2) is 25.6 Å². The molecule has 3 rings (SSSR count). The molecule has 2 aromatic heterocycles. The summed E-state index contributed by atoms with van der Waals surface area (Å²) in [5.41, 5.74) is 7.72. The molecule has 1 N–H and O–H groups in total. The van der Waals surface area contributed by atoms with Gasteiger partial charge in [0.2, 0.25) is 0 Å². The molecule has 5 heteroatoms. The van der Waals surface area contributed by atoms with Crippen molar-refractivity contribution in [3.8, 4) is 0 Å². The number of hydrogen-bond acceptors (Lipinski definition) is 4. The number of benzene rings is 1. The molecule has 1 aromatic carbocycles. The Morgan fingerprint density at radius 3 is 2.23 bits per heavy atom. The van der Waals surface area contributed by atoms with Crippen molar-refractivity contribution in [1.82, 2.24) is 25.6 Å². The molecular weight excluding hydrogens is 274 g/mol. The highest BCUT2D eigenvalue weighted by atomic mass is 15.5. The predicted molar refractivity (Wildman–Crippen MR) is 87.1 cm³/mol. The summed E-state index contributed by atoms with van der Waals surface area (Å²) < 4.78 is 0. The van der Waals surface area contributed by atoms with Crippen LogP contribution in [0.25, 0.3) is 10.8 Å². The zero-order valence-corrected chi connectivity index (χ0v) is 13.8. The van der Waals surface area contributed by atoms with E-state index < -0.39 is 0 Å². The van der Waals surface area contributed by atoms with Gasteiger partial charge in [-0.05, 0) is 77.7 Å². The van der Waals surface area contributed by atoms with E-state index in [9.17, 15) is 0 Å². The van der Waals surface area contributed by atoms with Crippen molar-refractivity contribution < 1.29 is 0 Å². The highest BCUT2D eigenvalue weighted by molar-refractivity contribution is 5.95. The lowest BCUT2D eigenvalue weighted by atomic mass is 9.88. The Balaban J connectivity index is 2.35. The van der Waals surface area contributed by atoms with Crippen LogP contribution in [-0.2, 0) is 12.8 Å².